The van der Waals surface area contributed by atoms with E-state index in [0.717, 1.165) is 11.3 Å². The number of para-hydroxylation sites is 1. The zero-order valence-corrected chi connectivity index (χ0v) is 10.0. The maximum atomic E-state index is 10.6. The van der Waals surface area contributed by atoms with Crippen molar-refractivity contribution in [3.05, 3.63) is 40.4 Å². The lowest BCUT2D eigenvalue weighted by Crippen LogP contribution is -2.04. The highest BCUT2D eigenvalue weighted by molar-refractivity contribution is 6.33. The average Bonchev–Trinajstić information content (AvgIpc) is 2.22. The molecular weight excluding hydrogens is 226 g/mol. The van der Waals surface area contributed by atoms with E-state index in [1.807, 2.05) is 19.1 Å². The summed E-state index contributed by atoms with van der Waals surface area (Å²) in [5.74, 6) is -0.905. The van der Waals surface area contributed by atoms with Crippen LogP contribution in [0.2, 0.25) is 5.02 Å². The maximum Gasteiger partial charge on any atom is 0.331 e. The third-order valence-electron chi connectivity index (χ3n) is 2.25. The Morgan fingerprint density at radius 3 is 2.81 bits per heavy atom. The second-order valence-electron chi connectivity index (χ2n) is 3.50. The third-order valence-corrected chi connectivity index (χ3v) is 2.56. The van der Waals surface area contributed by atoms with Gasteiger partial charge in [-0.05, 0) is 25.5 Å². The fourth-order valence-electron chi connectivity index (χ4n) is 1.25. The Bertz CT molecular complexity index is 407. The first-order chi connectivity index (χ1) is 7.52. The SMILES string of the molecule is C/C(=C/CNc1c(C)cccc1Cl)C(=O)O. The monoisotopic (exact) mass is 239 g/mol. The summed E-state index contributed by atoms with van der Waals surface area (Å²) in [4.78, 5) is 10.6. The zero-order valence-electron chi connectivity index (χ0n) is 9.25. The summed E-state index contributed by atoms with van der Waals surface area (Å²) >= 11 is 6.01. The molecule has 1 rings (SSSR count). The summed E-state index contributed by atoms with van der Waals surface area (Å²) in [6.45, 7) is 3.95. The summed E-state index contributed by atoms with van der Waals surface area (Å²) in [5.41, 5.74) is 2.20. The number of hydrogen-bond donors (Lipinski definition) is 2. The van der Waals surface area contributed by atoms with Gasteiger partial charge in [0.2, 0.25) is 0 Å². The Morgan fingerprint density at radius 2 is 2.25 bits per heavy atom. The summed E-state index contributed by atoms with van der Waals surface area (Å²) < 4.78 is 0. The van der Waals surface area contributed by atoms with E-state index in [0.29, 0.717) is 17.1 Å². The molecule has 1 aromatic rings. The summed E-state index contributed by atoms with van der Waals surface area (Å²) in [7, 11) is 0. The number of anilines is 1. The van der Waals surface area contributed by atoms with Crippen LogP contribution in [0.4, 0.5) is 5.69 Å². The quantitative estimate of drug-likeness (QED) is 0.794. The minimum Gasteiger partial charge on any atom is -0.478 e. The highest BCUT2D eigenvalue weighted by atomic mass is 35.5. The molecule has 0 unspecified atom stereocenters. The first-order valence-corrected chi connectivity index (χ1v) is 5.29. The number of nitrogens with one attached hydrogen (secondary N) is 1. The second-order valence-corrected chi connectivity index (χ2v) is 3.91. The molecule has 16 heavy (non-hydrogen) atoms. The first kappa shape index (κ1) is 12.6. The van der Waals surface area contributed by atoms with Gasteiger partial charge in [0.1, 0.15) is 0 Å². The van der Waals surface area contributed by atoms with Crippen LogP contribution in [0, 0.1) is 6.92 Å². The molecule has 3 nitrogen and oxygen atoms in total. The average molecular weight is 240 g/mol. The normalized spacial score (nSPS) is 11.3. The molecule has 0 fully saturated rings. The van der Waals surface area contributed by atoms with Crippen molar-refractivity contribution < 1.29 is 9.90 Å². The minimum atomic E-state index is -0.905. The van der Waals surface area contributed by atoms with E-state index in [9.17, 15) is 4.79 Å². The van der Waals surface area contributed by atoms with Gasteiger partial charge < -0.3 is 10.4 Å². The predicted octanol–water partition coefficient (Wildman–Crippen LogP) is 3.09. The predicted molar refractivity (Wildman–Crippen MR) is 66.1 cm³/mol. The van der Waals surface area contributed by atoms with Gasteiger partial charge >= 0.3 is 5.97 Å². The highest BCUT2D eigenvalue weighted by Gasteiger charge is 2.02. The van der Waals surface area contributed by atoms with Gasteiger partial charge in [-0.3, -0.25) is 0 Å². The maximum absolute atomic E-state index is 10.6. The van der Waals surface area contributed by atoms with Crippen molar-refractivity contribution in [3.63, 3.8) is 0 Å². The Hall–Kier alpha value is -1.48. The van der Waals surface area contributed by atoms with Crippen LogP contribution in [-0.2, 0) is 4.79 Å². The number of hydrogen-bond acceptors (Lipinski definition) is 2. The molecule has 86 valence electrons. The molecule has 0 aliphatic rings. The van der Waals surface area contributed by atoms with Crippen molar-refractivity contribution in [2.24, 2.45) is 0 Å². The van der Waals surface area contributed by atoms with Crippen LogP contribution in [0.3, 0.4) is 0 Å². The topological polar surface area (TPSA) is 49.3 Å². The fraction of sp³-hybridized carbons (Fsp3) is 0.250. The van der Waals surface area contributed by atoms with Gasteiger partial charge in [0.05, 0.1) is 10.7 Å². The van der Waals surface area contributed by atoms with Crippen molar-refractivity contribution in [2.75, 3.05) is 11.9 Å². The molecule has 0 spiro atoms. The number of carboxylic acid groups (broad SMARTS) is 1. The molecule has 0 atom stereocenters. The van der Waals surface area contributed by atoms with E-state index in [1.54, 1.807) is 19.1 Å². The Labute approximate surface area is 99.7 Å². The number of carboxylic acids is 1. The van der Waals surface area contributed by atoms with Gasteiger partial charge in [-0.1, -0.05) is 29.8 Å². The van der Waals surface area contributed by atoms with Crippen molar-refractivity contribution in [1.29, 1.82) is 0 Å². The van der Waals surface area contributed by atoms with Crippen LogP contribution in [0.5, 0.6) is 0 Å². The van der Waals surface area contributed by atoms with Gasteiger partial charge in [-0.2, -0.15) is 0 Å². The zero-order chi connectivity index (χ0) is 12.1. The van der Waals surface area contributed by atoms with Crippen LogP contribution < -0.4 is 5.32 Å². The van der Waals surface area contributed by atoms with E-state index in [-0.39, 0.29) is 0 Å². The van der Waals surface area contributed by atoms with Crippen LogP contribution >= 0.6 is 11.6 Å². The molecule has 0 aliphatic heterocycles. The lowest BCUT2D eigenvalue weighted by atomic mass is 10.2. The minimum absolute atomic E-state index is 0.317. The van der Waals surface area contributed by atoms with Gasteiger partial charge in [0, 0.05) is 12.1 Å². The van der Waals surface area contributed by atoms with Crippen LogP contribution in [-0.4, -0.2) is 17.6 Å². The van der Waals surface area contributed by atoms with Crippen LogP contribution in [0.1, 0.15) is 12.5 Å². The first-order valence-electron chi connectivity index (χ1n) is 4.91. The second kappa shape index (κ2) is 5.56. The number of benzene rings is 1. The Balaban J connectivity index is 2.69. The number of aliphatic carboxylic acids is 1. The number of aryl methyl sites for hydroxylation is 1. The molecule has 2 N–H and O–H groups in total. The van der Waals surface area contributed by atoms with Gasteiger partial charge in [0.25, 0.3) is 0 Å². The summed E-state index contributed by atoms with van der Waals surface area (Å²) in [6, 6.07) is 5.62. The lowest BCUT2D eigenvalue weighted by Gasteiger charge is -2.09. The molecule has 0 bridgehead atoms. The highest BCUT2D eigenvalue weighted by Crippen LogP contribution is 2.24. The van der Waals surface area contributed by atoms with Gasteiger partial charge in [-0.15, -0.1) is 0 Å². The number of halogens is 1. The van der Waals surface area contributed by atoms with E-state index in [4.69, 9.17) is 16.7 Å². The molecule has 0 saturated heterocycles. The van der Waals surface area contributed by atoms with E-state index in [1.165, 1.54) is 0 Å². The van der Waals surface area contributed by atoms with Crippen molar-refractivity contribution in [1.82, 2.24) is 0 Å². The molecule has 0 aliphatic carbocycles. The van der Waals surface area contributed by atoms with Crippen molar-refractivity contribution in [2.45, 2.75) is 13.8 Å². The summed E-state index contributed by atoms with van der Waals surface area (Å²) in [6.07, 6.45) is 1.62. The largest absolute Gasteiger partial charge is 0.478 e. The molecule has 1 aromatic carbocycles. The van der Waals surface area contributed by atoms with Crippen molar-refractivity contribution in [3.8, 4) is 0 Å². The number of rotatable bonds is 4. The summed E-state index contributed by atoms with van der Waals surface area (Å²) in [5, 5.41) is 12.4. The number of carbonyl (C=O) groups is 1. The standard InChI is InChI=1S/C12H14ClNO2/c1-8-4-3-5-10(13)11(8)14-7-6-9(2)12(15)16/h3-6,14H,7H2,1-2H3,(H,15,16)/b9-6-. The molecule has 0 heterocycles. The van der Waals surface area contributed by atoms with E-state index in [2.05, 4.69) is 5.32 Å². The molecule has 0 aromatic heterocycles. The molecule has 0 radical (unpaired) electrons. The molecule has 4 heteroatoms. The van der Waals surface area contributed by atoms with Crippen molar-refractivity contribution >= 4 is 23.3 Å². The van der Waals surface area contributed by atoms with Crippen LogP contribution in [0.25, 0.3) is 0 Å². The van der Waals surface area contributed by atoms with E-state index < -0.39 is 5.97 Å². The lowest BCUT2D eigenvalue weighted by molar-refractivity contribution is -0.132. The molecular formula is C12H14ClNO2. The Kier molecular flexibility index (Phi) is 4.38. The van der Waals surface area contributed by atoms with Gasteiger partial charge in [0.15, 0.2) is 0 Å². The Morgan fingerprint density at radius 1 is 1.56 bits per heavy atom. The van der Waals surface area contributed by atoms with Gasteiger partial charge in [-0.25, -0.2) is 4.79 Å². The molecule has 0 saturated carbocycles. The fourth-order valence-corrected chi connectivity index (χ4v) is 1.54. The third kappa shape index (κ3) is 3.28. The molecule has 0 amide bonds. The van der Waals surface area contributed by atoms with E-state index >= 15 is 0 Å². The smallest absolute Gasteiger partial charge is 0.331 e. The van der Waals surface area contributed by atoms with Crippen LogP contribution in [0.15, 0.2) is 29.8 Å².